The fraction of sp³-hybridized carbons (Fsp3) is 0.647. The molecule has 1 aromatic carbocycles. The van der Waals surface area contributed by atoms with Crippen LogP contribution in [0.3, 0.4) is 0 Å². The van der Waals surface area contributed by atoms with Gasteiger partial charge in [0.1, 0.15) is 5.75 Å². The van der Waals surface area contributed by atoms with E-state index in [1.165, 1.54) is 25.1 Å². The minimum atomic E-state index is -7.46. The van der Waals surface area contributed by atoms with Crippen molar-refractivity contribution in [3.8, 4) is 5.75 Å². The zero-order valence-corrected chi connectivity index (χ0v) is 15.7. The van der Waals surface area contributed by atoms with Crippen LogP contribution in [0.5, 0.6) is 5.75 Å². The number of hydrogen-bond donors (Lipinski definition) is 0. The fourth-order valence-corrected chi connectivity index (χ4v) is 2.60. The lowest BCUT2D eigenvalue weighted by Crippen LogP contribution is -2.67. The average Bonchev–Trinajstić information content (AvgIpc) is 2.60. The van der Waals surface area contributed by atoms with Gasteiger partial charge in [0.05, 0.1) is 18.6 Å². The molecule has 0 amide bonds. The highest BCUT2D eigenvalue weighted by Gasteiger charge is 2.87. The first kappa shape index (κ1) is 26.2. The molecule has 13 heteroatoms. The van der Waals surface area contributed by atoms with Crippen molar-refractivity contribution in [1.29, 1.82) is 0 Å². The van der Waals surface area contributed by atoms with Crippen LogP contribution < -0.4 is 4.74 Å². The van der Waals surface area contributed by atoms with Gasteiger partial charge in [0.25, 0.3) is 0 Å². The molecule has 0 spiro atoms. The number of hydrogen-bond acceptors (Lipinski definition) is 2. The summed E-state index contributed by atoms with van der Waals surface area (Å²) in [4.78, 5) is 0. The molecule has 0 saturated carbocycles. The molecule has 1 atom stereocenters. The maximum Gasteiger partial charge on any atom is 0.460 e. The highest BCUT2D eigenvalue weighted by molar-refractivity contribution is 5.38. The molecule has 1 aromatic rings. The minimum absolute atomic E-state index is 0.0285. The Bertz CT molecular complexity index is 731. The van der Waals surface area contributed by atoms with E-state index < -0.39 is 41.9 Å². The monoisotopic (exact) mass is 462 g/mol. The Hall–Kier alpha value is -1.79. The third-order valence-electron chi connectivity index (χ3n) is 4.37. The number of methoxy groups -OCH3 is 1. The summed E-state index contributed by atoms with van der Waals surface area (Å²) in [5.74, 6) is -28.2. The topological polar surface area (TPSA) is 18.5 Å². The molecule has 174 valence electrons. The molecule has 0 aliphatic carbocycles. The quantitative estimate of drug-likeness (QED) is 0.394. The molecule has 0 bridgehead atoms. The molecule has 1 rings (SSSR count). The number of alkyl halides is 11. The minimum Gasteiger partial charge on any atom is -0.493 e. The largest absolute Gasteiger partial charge is 0.493 e. The number of halogens is 11. The van der Waals surface area contributed by atoms with Crippen molar-refractivity contribution in [2.24, 2.45) is 0 Å². The first-order valence-corrected chi connectivity index (χ1v) is 8.18. The van der Waals surface area contributed by atoms with Crippen LogP contribution in [0.1, 0.15) is 25.8 Å². The SMILES string of the molecule is CCOc1ccccc1C(C)(CC(F)(F)C(F)(F)C(F)(F)C(F)(F)C(F)(F)F)OC. The molecular weight excluding hydrogens is 445 g/mol. The average molecular weight is 462 g/mol. The Morgan fingerprint density at radius 1 is 0.767 bits per heavy atom. The second-order valence-corrected chi connectivity index (χ2v) is 6.47. The van der Waals surface area contributed by atoms with E-state index in [1.54, 1.807) is 0 Å². The van der Waals surface area contributed by atoms with Gasteiger partial charge in [0.15, 0.2) is 0 Å². The van der Waals surface area contributed by atoms with Gasteiger partial charge in [-0.15, -0.1) is 0 Å². The summed E-state index contributed by atoms with van der Waals surface area (Å²) in [5, 5.41) is 0. The molecule has 0 aliphatic heterocycles. The lowest BCUT2D eigenvalue weighted by atomic mass is 9.84. The van der Waals surface area contributed by atoms with Crippen LogP contribution >= 0.6 is 0 Å². The first-order valence-electron chi connectivity index (χ1n) is 8.18. The summed E-state index contributed by atoms with van der Waals surface area (Å²) >= 11 is 0. The molecular formula is C17H17F11O2. The Kier molecular flexibility index (Phi) is 7.04. The summed E-state index contributed by atoms with van der Waals surface area (Å²) in [7, 11) is 0.736. The van der Waals surface area contributed by atoms with Crippen LogP contribution in [0.15, 0.2) is 24.3 Å². The predicted octanol–water partition coefficient (Wildman–Crippen LogP) is 6.44. The van der Waals surface area contributed by atoms with E-state index in [-0.39, 0.29) is 17.9 Å². The summed E-state index contributed by atoms with van der Waals surface area (Å²) in [5.41, 5.74) is -2.86. The smallest absolute Gasteiger partial charge is 0.460 e. The fourth-order valence-electron chi connectivity index (χ4n) is 2.60. The maximum absolute atomic E-state index is 14.2. The third kappa shape index (κ3) is 4.17. The predicted molar refractivity (Wildman–Crippen MR) is 82.4 cm³/mol. The highest BCUT2D eigenvalue weighted by Crippen LogP contribution is 2.59. The summed E-state index contributed by atoms with van der Waals surface area (Å²) in [6, 6.07) is 4.86. The molecule has 0 heterocycles. The Balaban J connectivity index is 3.49. The first-order chi connectivity index (χ1) is 13.3. The van der Waals surface area contributed by atoms with Crippen molar-refractivity contribution >= 4 is 0 Å². The zero-order valence-electron chi connectivity index (χ0n) is 15.7. The van der Waals surface area contributed by atoms with Crippen LogP contribution in [0, 0.1) is 0 Å². The maximum atomic E-state index is 14.2. The number of benzene rings is 1. The molecule has 0 N–H and O–H groups in total. The normalized spacial score (nSPS) is 16.3. The molecule has 2 nitrogen and oxygen atoms in total. The Morgan fingerprint density at radius 3 is 1.70 bits per heavy atom. The third-order valence-corrected chi connectivity index (χ3v) is 4.37. The van der Waals surface area contributed by atoms with E-state index in [9.17, 15) is 48.3 Å². The number of rotatable bonds is 9. The van der Waals surface area contributed by atoms with E-state index in [4.69, 9.17) is 9.47 Å². The second-order valence-electron chi connectivity index (χ2n) is 6.47. The summed E-state index contributed by atoms with van der Waals surface area (Å²) in [6.45, 7) is 2.19. The lowest BCUT2D eigenvalue weighted by Gasteiger charge is -2.40. The van der Waals surface area contributed by atoms with E-state index in [0.717, 1.165) is 20.1 Å². The van der Waals surface area contributed by atoms with Crippen molar-refractivity contribution < 1.29 is 57.8 Å². The van der Waals surface area contributed by atoms with Gasteiger partial charge >= 0.3 is 29.9 Å². The van der Waals surface area contributed by atoms with Crippen molar-refractivity contribution in [3.63, 3.8) is 0 Å². The van der Waals surface area contributed by atoms with Gasteiger partial charge in [0.2, 0.25) is 0 Å². The molecule has 30 heavy (non-hydrogen) atoms. The molecule has 0 saturated heterocycles. The van der Waals surface area contributed by atoms with E-state index >= 15 is 0 Å². The van der Waals surface area contributed by atoms with E-state index in [1.807, 2.05) is 0 Å². The van der Waals surface area contributed by atoms with Gasteiger partial charge in [0, 0.05) is 12.7 Å². The van der Waals surface area contributed by atoms with E-state index in [0.29, 0.717) is 0 Å². The van der Waals surface area contributed by atoms with Crippen LogP contribution in [-0.2, 0) is 10.3 Å². The number of para-hydroxylation sites is 1. The second kappa shape index (κ2) is 8.04. The number of ether oxygens (including phenoxy) is 2. The van der Waals surface area contributed by atoms with E-state index in [2.05, 4.69) is 0 Å². The van der Waals surface area contributed by atoms with Crippen molar-refractivity contribution in [2.45, 2.75) is 55.7 Å². The Labute approximate surface area is 163 Å². The van der Waals surface area contributed by atoms with Gasteiger partial charge in [-0.05, 0) is 19.9 Å². The van der Waals surface area contributed by atoms with Crippen LogP contribution in [-0.4, -0.2) is 43.6 Å². The van der Waals surface area contributed by atoms with Crippen LogP contribution in [0.25, 0.3) is 0 Å². The summed E-state index contributed by atoms with van der Waals surface area (Å²) < 4.78 is 156. The van der Waals surface area contributed by atoms with Gasteiger partial charge in [-0.3, -0.25) is 0 Å². The van der Waals surface area contributed by atoms with Gasteiger partial charge < -0.3 is 9.47 Å². The molecule has 1 unspecified atom stereocenters. The van der Waals surface area contributed by atoms with Crippen molar-refractivity contribution in [3.05, 3.63) is 29.8 Å². The Morgan fingerprint density at radius 2 is 1.27 bits per heavy atom. The van der Waals surface area contributed by atoms with Gasteiger partial charge in [-0.2, -0.15) is 48.3 Å². The van der Waals surface area contributed by atoms with Crippen LogP contribution in [0.2, 0.25) is 0 Å². The highest BCUT2D eigenvalue weighted by atomic mass is 19.4. The van der Waals surface area contributed by atoms with Gasteiger partial charge in [-0.25, -0.2) is 0 Å². The molecule has 0 radical (unpaired) electrons. The van der Waals surface area contributed by atoms with Crippen LogP contribution in [0.4, 0.5) is 48.3 Å². The molecule has 0 aromatic heterocycles. The molecule has 0 fully saturated rings. The van der Waals surface area contributed by atoms with Crippen molar-refractivity contribution in [2.75, 3.05) is 13.7 Å². The standard InChI is InChI=1S/C17H17F11O2/c1-4-30-11-8-6-5-7-10(11)12(2,29-3)9-13(18,19)14(20,21)15(22,23)16(24,25)17(26,27)28/h5-8H,4,9H2,1-3H3. The summed E-state index contributed by atoms with van der Waals surface area (Å²) in [6.07, 6.45) is -9.57. The lowest BCUT2D eigenvalue weighted by molar-refractivity contribution is -0.424. The van der Waals surface area contributed by atoms with Gasteiger partial charge in [-0.1, -0.05) is 18.2 Å². The van der Waals surface area contributed by atoms with Crippen molar-refractivity contribution in [1.82, 2.24) is 0 Å². The zero-order chi connectivity index (χ0) is 23.8. The molecule has 0 aliphatic rings.